The van der Waals surface area contributed by atoms with Crippen molar-refractivity contribution in [3.05, 3.63) is 239 Å². The molecule has 5 heteroatoms. The van der Waals surface area contributed by atoms with Crippen LogP contribution >= 0.6 is 11.8 Å². The minimum atomic E-state index is -0.509. The minimum Gasteiger partial charge on any atom is -0.333 e. The van der Waals surface area contributed by atoms with Gasteiger partial charge in [-0.3, -0.25) is 0 Å². The molecule has 0 aromatic heterocycles. The third-order valence-corrected chi connectivity index (χ3v) is 13.2. The summed E-state index contributed by atoms with van der Waals surface area (Å²) in [5.74, 6) is 1.57. The van der Waals surface area contributed by atoms with Gasteiger partial charge in [0.2, 0.25) is 0 Å². The molecule has 0 saturated carbocycles. The van der Waals surface area contributed by atoms with Gasteiger partial charge in [-0.1, -0.05) is 169 Å². The van der Waals surface area contributed by atoms with Crippen LogP contribution in [0, 0.1) is 11.3 Å². The maximum Gasteiger partial charge on any atom is 0.159 e. The van der Waals surface area contributed by atoms with Crippen molar-refractivity contribution in [1.82, 2.24) is 4.90 Å². The molecule has 1 aliphatic carbocycles. The molecule has 2 heterocycles. The van der Waals surface area contributed by atoms with E-state index in [0.29, 0.717) is 11.4 Å². The lowest BCUT2D eigenvalue weighted by Crippen LogP contribution is -2.36. The third-order valence-electron chi connectivity index (χ3n) is 12.1. The summed E-state index contributed by atoms with van der Waals surface area (Å²) in [6.07, 6.45) is -0.267. The highest BCUT2D eigenvalue weighted by Gasteiger charge is 2.50. The number of nitriles is 1. The molecular formula is C54H36N4S. The molecule has 0 N–H and O–H groups in total. The second kappa shape index (κ2) is 14.0. The van der Waals surface area contributed by atoms with E-state index in [1.54, 1.807) is 0 Å². The van der Waals surface area contributed by atoms with Crippen LogP contribution in [0.4, 0.5) is 0 Å². The van der Waals surface area contributed by atoms with Crippen molar-refractivity contribution in [2.45, 2.75) is 21.4 Å². The van der Waals surface area contributed by atoms with Gasteiger partial charge in [0.15, 0.2) is 5.84 Å². The lowest BCUT2D eigenvalue weighted by atomic mass is 9.67. The molecule has 8 aromatic carbocycles. The van der Waals surface area contributed by atoms with Gasteiger partial charge in [0.05, 0.1) is 17.0 Å². The van der Waals surface area contributed by atoms with Gasteiger partial charge in [0.25, 0.3) is 0 Å². The Morgan fingerprint density at radius 3 is 1.64 bits per heavy atom. The molecule has 8 aromatic rings. The van der Waals surface area contributed by atoms with Crippen LogP contribution < -0.4 is 0 Å². The number of fused-ring (bicyclic) bond motifs is 9. The van der Waals surface area contributed by atoms with Crippen molar-refractivity contribution in [1.29, 1.82) is 5.26 Å². The van der Waals surface area contributed by atoms with Crippen LogP contribution in [0.25, 0.3) is 33.4 Å². The Labute approximate surface area is 348 Å². The Hall–Kier alpha value is -7.26. The van der Waals surface area contributed by atoms with Crippen LogP contribution in [0.3, 0.4) is 0 Å². The summed E-state index contributed by atoms with van der Waals surface area (Å²) in [5.41, 5.74) is 15.3. The number of rotatable bonds is 5. The van der Waals surface area contributed by atoms with Gasteiger partial charge in [-0.05, 0) is 97.6 Å². The molecule has 4 nitrogen and oxygen atoms in total. The molecular weight excluding hydrogens is 737 g/mol. The summed E-state index contributed by atoms with van der Waals surface area (Å²) in [6.45, 7) is 0. The standard InChI is InChI=1S/C54H36N4S/c1-58-52(40-14-6-3-7-15-40)56-51(39-26-24-37(25-27-39)36-12-4-2-5-13-36)57-53(58)42-29-31-46-44(33-42)43-32-41(38-22-20-35(34-55)21-23-38)28-30-45(43)54(46)47-16-8-10-18-49(47)59-50-19-11-9-17-48(50)54/h2-33,52H,1H3. The van der Waals surface area contributed by atoms with Gasteiger partial charge in [-0.15, -0.1) is 0 Å². The highest BCUT2D eigenvalue weighted by Crippen LogP contribution is 2.62. The first-order valence-corrected chi connectivity index (χ1v) is 20.7. The number of nitrogens with zero attached hydrogens (tertiary/aromatic N) is 4. The van der Waals surface area contributed by atoms with Crippen LogP contribution in [0.5, 0.6) is 0 Å². The molecule has 0 amide bonds. The SMILES string of the molecule is CN1C(c2ccc3c(c2)-c2cc(-c4ccc(C#N)cc4)ccc2C32c3ccccc3Sc3ccccc32)=NC(c2ccc(-c3ccccc3)cc2)=NC1c1ccccc1. The molecule has 59 heavy (non-hydrogen) atoms. The summed E-state index contributed by atoms with van der Waals surface area (Å²) in [7, 11) is 2.10. The second-order valence-corrected chi connectivity index (χ2v) is 16.4. The largest absolute Gasteiger partial charge is 0.333 e. The maximum atomic E-state index is 9.53. The average molecular weight is 773 g/mol. The van der Waals surface area contributed by atoms with Crippen molar-refractivity contribution < 1.29 is 0 Å². The molecule has 1 atom stereocenters. The van der Waals surface area contributed by atoms with Gasteiger partial charge < -0.3 is 4.90 Å². The fourth-order valence-electron chi connectivity index (χ4n) is 9.26. The average Bonchev–Trinajstić information content (AvgIpc) is 3.59. The third kappa shape index (κ3) is 5.60. The van der Waals surface area contributed by atoms with Gasteiger partial charge in [0, 0.05) is 28.0 Å². The molecule has 1 unspecified atom stereocenters. The summed E-state index contributed by atoms with van der Waals surface area (Å²) < 4.78 is 0. The molecule has 0 radical (unpaired) electrons. The van der Waals surface area contributed by atoms with Crippen molar-refractivity contribution in [2.24, 2.45) is 9.98 Å². The van der Waals surface area contributed by atoms with E-state index in [9.17, 15) is 5.26 Å². The lowest BCUT2D eigenvalue weighted by Gasteiger charge is -2.39. The summed E-state index contributed by atoms with van der Waals surface area (Å²) in [5, 5.41) is 9.53. The van der Waals surface area contributed by atoms with E-state index in [2.05, 4.69) is 176 Å². The zero-order chi connectivity index (χ0) is 39.5. The van der Waals surface area contributed by atoms with Crippen LogP contribution in [-0.4, -0.2) is 23.6 Å². The quantitative estimate of drug-likeness (QED) is 0.175. The molecule has 278 valence electrons. The van der Waals surface area contributed by atoms with Crippen LogP contribution in [0.1, 0.15) is 50.7 Å². The Bertz CT molecular complexity index is 2990. The van der Waals surface area contributed by atoms with Crippen molar-refractivity contribution in [2.75, 3.05) is 7.05 Å². The first-order chi connectivity index (χ1) is 29.1. The zero-order valence-electron chi connectivity index (χ0n) is 32.2. The molecule has 0 saturated heterocycles. The second-order valence-electron chi connectivity index (χ2n) is 15.3. The summed E-state index contributed by atoms with van der Waals surface area (Å²) >= 11 is 1.85. The predicted molar refractivity (Wildman–Crippen MR) is 240 cm³/mol. The van der Waals surface area contributed by atoms with Crippen molar-refractivity contribution >= 4 is 23.4 Å². The minimum absolute atomic E-state index is 0.267. The van der Waals surface area contributed by atoms with Gasteiger partial charge in [-0.25, -0.2) is 9.98 Å². The monoisotopic (exact) mass is 772 g/mol. The Morgan fingerprint density at radius 2 is 1.00 bits per heavy atom. The Kier molecular flexibility index (Phi) is 8.28. The molecule has 3 aliphatic rings. The smallest absolute Gasteiger partial charge is 0.159 e. The molecule has 0 fully saturated rings. The van der Waals surface area contributed by atoms with Crippen LogP contribution in [0.2, 0.25) is 0 Å². The number of hydrogen-bond acceptors (Lipinski definition) is 5. The topological polar surface area (TPSA) is 51.8 Å². The highest BCUT2D eigenvalue weighted by atomic mass is 32.2. The Balaban J connectivity index is 1.11. The van der Waals surface area contributed by atoms with E-state index in [1.165, 1.54) is 48.7 Å². The van der Waals surface area contributed by atoms with Crippen molar-refractivity contribution in [3.8, 4) is 39.4 Å². The first kappa shape index (κ1) is 34.9. The molecule has 11 rings (SSSR count). The molecule has 2 aliphatic heterocycles. The van der Waals surface area contributed by atoms with Gasteiger partial charge in [-0.2, -0.15) is 5.26 Å². The van der Waals surface area contributed by atoms with E-state index in [1.807, 2.05) is 48.2 Å². The van der Waals surface area contributed by atoms with Crippen LogP contribution in [0.15, 0.2) is 214 Å². The van der Waals surface area contributed by atoms with E-state index in [4.69, 9.17) is 9.98 Å². The van der Waals surface area contributed by atoms with Gasteiger partial charge >= 0.3 is 0 Å². The lowest BCUT2D eigenvalue weighted by molar-refractivity contribution is 0.383. The number of amidine groups is 2. The number of benzene rings is 8. The normalized spacial score (nSPS) is 15.6. The van der Waals surface area contributed by atoms with Gasteiger partial charge in [0.1, 0.15) is 12.0 Å². The zero-order valence-corrected chi connectivity index (χ0v) is 33.1. The van der Waals surface area contributed by atoms with E-state index < -0.39 is 5.41 Å². The number of hydrogen-bond donors (Lipinski definition) is 0. The summed E-state index contributed by atoms with van der Waals surface area (Å²) in [4.78, 5) is 15.4. The molecule has 0 bridgehead atoms. The highest BCUT2D eigenvalue weighted by molar-refractivity contribution is 7.99. The maximum absolute atomic E-state index is 9.53. The molecule has 1 spiro atoms. The van der Waals surface area contributed by atoms with E-state index in [-0.39, 0.29) is 6.17 Å². The fourth-order valence-corrected chi connectivity index (χ4v) is 10.5. The first-order valence-electron chi connectivity index (χ1n) is 19.9. The van der Waals surface area contributed by atoms with E-state index >= 15 is 0 Å². The number of aliphatic imine (C=N–C) groups is 2. The Morgan fingerprint density at radius 1 is 0.508 bits per heavy atom. The van der Waals surface area contributed by atoms with E-state index in [0.717, 1.165) is 39.2 Å². The summed E-state index contributed by atoms with van der Waals surface area (Å²) in [6, 6.07) is 71.4. The fraction of sp³-hybridized carbons (Fsp3) is 0.0556. The van der Waals surface area contributed by atoms with Crippen molar-refractivity contribution in [3.63, 3.8) is 0 Å². The van der Waals surface area contributed by atoms with Crippen LogP contribution in [-0.2, 0) is 5.41 Å². The predicted octanol–water partition coefficient (Wildman–Crippen LogP) is 12.6.